The zero-order valence-electron chi connectivity index (χ0n) is 15.7. The molecule has 0 spiro atoms. The predicted molar refractivity (Wildman–Crippen MR) is 109 cm³/mol. The van der Waals surface area contributed by atoms with Gasteiger partial charge in [0.25, 0.3) is 5.91 Å². The minimum absolute atomic E-state index is 0.235. The molecular formula is C20H20BrN3O4. The van der Waals surface area contributed by atoms with E-state index < -0.39 is 0 Å². The number of hydrogen-bond acceptors (Lipinski definition) is 5. The Hall–Kier alpha value is -3.00. The molecule has 0 radical (unpaired) electrons. The molecule has 0 atom stereocenters. The Labute approximate surface area is 171 Å². The van der Waals surface area contributed by atoms with Crippen molar-refractivity contribution in [3.05, 3.63) is 64.4 Å². The molecule has 0 fully saturated rings. The first-order valence-electron chi connectivity index (χ1n) is 8.43. The summed E-state index contributed by atoms with van der Waals surface area (Å²) in [7, 11) is 4.68. The SMILES string of the molecule is COc1cc(OC)c(CNC(=O)c2cnn(-c3ccc(Br)cc3)c2)c(OC)c1. The molecule has 7 nitrogen and oxygen atoms in total. The number of nitrogens with zero attached hydrogens (tertiary/aromatic N) is 2. The average molecular weight is 446 g/mol. The molecule has 28 heavy (non-hydrogen) atoms. The van der Waals surface area contributed by atoms with Gasteiger partial charge in [-0.3, -0.25) is 4.79 Å². The monoisotopic (exact) mass is 445 g/mol. The fourth-order valence-corrected chi connectivity index (χ4v) is 2.96. The van der Waals surface area contributed by atoms with Gasteiger partial charge >= 0.3 is 0 Å². The molecule has 0 saturated carbocycles. The topological polar surface area (TPSA) is 74.6 Å². The molecule has 146 valence electrons. The molecule has 8 heteroatoms. The lowest BCUT2D eigenvalue weighted by Crippen LogP contribution is -2.23. The summed E-state index contributed by atoms with van der Waals surface area (Å²) in [4.78, 5) is 12.6. The minimum Gasteiger partial charge on any atom is -0.496 e. The Bertz CT molecular complexity index is 945. The lowest BCUT2D eigenvalue weighted by molar-refractivity contribution is 0.0950. The summed E-state index contributed by atoms with van der Waals surface area (Å²) in [5, 5.41) is 7.13. The van der Waals surface area contributed by atoms with E-state index >= 15 is 0 Å². The number of amides is 1. The number of carbonyl (C=O) groups is 1. The van der Waals surface area contributed by atoms with Crippen LogP contribution in [0.5, 0.6) is 17.2 Å². The number of ether oxygens (including phenoxy) is 3. The third-order valence-electron chi connectivity index (χ3n) is 4.18. The highest BCUT2D eigenvalue weighted by atomic mass is 79.9. The lowest BCUT2D eigenvalue weighted by atomic mass is 10.1. The molecule has 1 heterocycles. The summed E-state index contributed by atoms with van der Waals surface area (Å²) in [6.07, 6.45) is 3.21. The predicted octanol–water partition coefficient (Wildman–Crippen LogP) is 3.59. The molecule has 0 unspecified atom stereocenters. The van der Waals surface area contributed by atoms with Gasteiger partial charge < -0.3 is 19.5 Å². The van der Waals surface area contributed by atoms with Crippen molar-refractivity contribution < 1.29 is 19.0 Å². The molecule has 2 aromatic carbocycles. The quantitative estimate of drug-likeness (QED) is 0.601. The Morgan fingerprint density at radius 1 is 1.07 bits per heavy atom. The van der Waals surface area contributed by atoms with Crippen molar-refractivity contribution in [2.24, 2.45) is 0 Å². The maximum absolute atomic E-state index is 12.6. The fourth-order valence-electron chi connectivity index (χ4n) is 2.70. The molecule has 0 aliphatic rings. The summed E-state index contributed by atoms with van der Waals surface area (Å²) in [6, 6.07) is 11.1. The van der Waals surface area contributed by atoms with Crippen LogP contribution in [0.3, 0.4) is 0 Å². The molecule has 0 bridgehead atoms. The highest BCUT2D eigenvalue weighted by molar-refractivity contribution is 9.10. The van der Waals surface area contributed by atoms with Crippen LogP contribution >= 0.6 is 15.9 Å². The lowest BCUT2D eigenvalue weighted by Gasteiger charge is -2.15. The van der Waals surface area contributed by atoms with Gasteiger partial charge in [0.2, 0.25) is 0 Å². The van der Waals surface area contributed by atoms with Crippen LogP contribution in [0.25, 0.3) is 5.69 Å². The van der Waals surface area contributed by atoms with E-state index in [1.165, 1.54) is 6.20 Å². The minimum atomic E-state index is -0.247. The standard InChI is InChI=1S/C20H20BrN3O4/c1-26-16-8-18(27-2)17(19(9-16)28-3)11-22-20(25)13-10-23-24(12-13)15-6-4-14(21)5-7-15/h4-10,12H,11H2,1-3H3,(H,22,25). The summed E-state index contributed by atoms with van der Waals surface area (Å²) in [6.45, 7) is 0.235. The number of carbonyl (C=O) groups excluding carboxylic acids is 1. The number of methoxy groups -OCH3 is 3. The first-order chi connectivity index (χ1) is 13.5. The van der Waals surface area contributed by atoms with Crippen molar-refractivity contribution in [1.82, 2.24) is 15.1 Å². The zero-order valence-corrected chi connectivity index (χ0v) is 17.3. The van der Waals surface area contributed by atoms with Crippen LogP contribution in [0.4, 0.5) is 0 Å². The number of rotatable bonds is 7. The van der Waals surface area contributed by atoms with Crippen molar-refractivity contribution in [2.45, 2.75) is 6.54 Å². The smallest absolute Gasteiger partial charge is 0.254 e. The molecule has 0 aliphatic carbocycles. The molecular weight excluding hydrogens is 426 g/mol. The van der Waals surface area contributed by atoms with Gasteiger partial charge in [0, 0.05) is 22.8 Å². The van der Waals surface area contributed by atoms with Crippen LogP contribution < -0.4 is 19.5 Å². The van der Waals surface area contributed by atoms with Crippen molar-refractivity contribution in [1.29, 1.82) is 0 Å². The fraction of sp³-hybridized carbons (Fsp3) is 0.200. The summed E-state index contributed by atoms with van der Waals surface area (Å²) in [5.74, 6) is 1.51. The first-order valence-corrected chi connectivity index (χ1v) is 9.22. The third kappa shape index (κ3) is 4.28. The molecule has 3 aromatic rings. The van der Waals surface area contributed by atoms with E-state index in [0.29, 0.717) is 22.8 Å². The van der Waals surface area contributed by atoms with Crippen LogP contribution in [0.15, 0.2) is 53.3 Å². The average Bonchev–Trinajstić information content (AvgIpc) is 3.22. The maximum Gasteiger partial charge on any atom is 0.254 e. The molecule has 0 aliphatic heterocycles. The van der Waals surface area contributed by atoms with E-state index in [-0.39, 0.29) is 12.5 Å². The van der Waals surface area contributed by atoms with Gasteiger partial charge in [-0.25, -0.2) is 4.68 Å². The summed E-state index contributed by atoms with van der Waals surface area (Å²) < 4.78 is 18.7. The summed E-state index contributed by atoms with van der Waals surface area (Å²) in [5.41, 5.74) is 2.04. The Morgan fingerprint density at radius 2 is 1.71 bits per heavy atom. The van der Waals surface area contributed by atoms with Crippen LogP contribution in [0.1, 0.15) is 15.9 Å². The van der Waals surface area contributed by atoms with E-state index in [1.807, 2.05) is 24.3 Å². The second-order valence-corrected chi connectivity index (χ2v) is 6.76. The van der Waals surface area contributed by atoms with Gasteiger partial charge in [-0.15, -0.1) is 0 Å². The van der Waals surface area contributed by atoms with Gasteiger partial charge in [0.05, 0.1) is 50.9 Å². The van der Waals surface area contributed by atoms with Crippen molar-refractivity contribution in [3.8, 4) is 22.9 Å². The molecule has 1 amide bonds. The van der Waals surface area contributed by atoms with Crippen molar-refractivity contribution in [2.75, 3.05) is 21.3 Å². The third-order valence-corrected chi connectivity index (χ3v) is 4.71. The second-order valence-electron chi connectivity index (χ2n) is 5.84. The van der Waals surface area contributed by atoms with Crippen molar-refractivity contribution >= 4 is 21.8 Å². The highest BCUT2D eigenvalue weighted by Crippen LogP contribution is 2.33. The zero-order chi connectivity index (χ0) is 20.1. The van der Waals surface area contributed by atoms with E-state index in [0.717, 1.165) is 15.7 Å². The highest BCUT2D eigenvalue weighted by Gasteiger charge is 2.16. The van der Waals surface area contributed by atoms with E-state index in [1.54, 1.807) is 44.3 Å². The van der Waals surface area contributed by atoms with E-state index in [4.69, 9.17) is 14.2 Å². The Balaban J connectivity index is 1.75. The number of nitrogens with one attached hydrogen (secondary N) is 1. The normalized spacial score (nSPS) is 10.4. The van der Waals surface area contributed by atoms with Crippen LogP contribution in [-0.2, 0) is 6.54 Å². The number of aromatic nitrogens is 2. The van der Waals surface area contributed by atoms with E-state index in [2.05, 4.69) is 26.3 Å². The van der Waals surface area contributed by atoms with Crippen LogP contribution in [0, 0.1) is 0 Å². The number of benzene rings is 2. The van der Waals surface area contributed by atoms with Crippen molar-refractivity contribution in [3.63, 3.8) is 0 Å². The maximum atomic E-state index is 12.6. The number of hydrogen-bond donors (Lipinski definition) is 1. The van der Waals surface area contributed by atoms with Gasteiger partial charge in [-0.1, -0.05) is 15.9 Å². The molecule has 1 N–H and O–H groups in total. The van der Waals surface area contributed by atoms with Gasteiger partial charge in [-0.2, -0.15) is 5.10 Å². The molecule has 3 rings (SSSR count). The van der Waals surface area contributed by atoms with Gasteiger partial charge in [-0.05, 0) is 24.3 Å². The first kappa shape index (κ1) is 19.8. The van der Waals surface area contributed by atoms with Crippen LogP contribution in [-0.4, -0.2) is 37.0 Å². The Kier molecular flexibility index (Phi) is 6.20. The number of halogens is 1. The Morgan fingerprint density at radius 3 is 2.29 bits per heavy atom. The largest absolute Gasteiger partial charge is 0.496 e. The van der Waals surface area contributed by atoms with E-state index in [9.17, 15) is 4.79 Å². The van der Waals surface area contributed by atoms with Crippen LogP contribution in [0.2, 0.25) is 0 Å². The second kappa shape index (κ2) is 8.79. The molecule has 0 saturated heterocycles. The molecule has 1 aromatic heterocycles. The summed E-state index contributed by atoms with van der Waals surface area (Å²) >= 11 is 3.40. The van der Waals surface area contributed by atoms with Gasteiger partial charge in [0.1, 0.15) is 17.2 Å². The van der Waals surface area contributed by atoms with Gasteiger partial charge in [0.15, 0.2) is 0 Å².